The number of hydrogen-bond donors (Lipinski definition) is 0. The first-order valence-electron chi connectivity index (χ1n) is 9.62. The summed E-state index contributed by atoms with van der Waals surface area (Å²) in [6.07, 6.45) is -1.57. The minimum absolute atomic E-state index is 0.0167. The third-order valence-corrected chi connectivity index (χ3v) is 4.11. The number of benzene rings is 1. The van der Waals surface area contributed by atoms with E-state index in [1.165, 1.54) is 0 Å². The van der Waals surface area contributed by atoms with Crippen molar-refractivity contribution in [3.63, 3.8) is 0 Å². The van der Waals surface area contributed by atoms with Gasteiger partial charge in [0.2, 0.25) is 6.10 Å². The molecule has 0 saturated heterocycles. The summed E-state index contributed by atoms with van der Waals surface area (Å²) >= 11 is 0. The minimum Gasteiger partial charge on any atom is -0.463 e. The Kier molecular flexibility index (Phi) is 10.7. The van der Waals surface area contributed by atoms with Crippen molar-refractivity contribution >= 4 is 18.1 Å². The van der Waals surface area contributed by atoms with E-state index in [4.69, 9.17) is 18.9 Å². The van der Waals surface area contributed by atoms with E-state index in [1.807, 2.05) is 32.0 Å². The molecule has 156 valence electrons. The fourth-order valence-electron chi connectivity index (χ4n) is 2.06. The van der Waals surface area contributed by atoms with Gasteiger partial charge in [0.15, 0.2) is 0 Å². The minimum atomic E-state index is -1.23. The summed E-state index contributed by atoms with van der Waals surface area (Å²) in [7, 11) is 0. The Bertz CT molecular complexity index is 614. The van der Waals surface area contributed by atoms with E-state index in [0.717, 1.165) is 5.56 Å². The van der Waals surface area contributed by atoms with Crippen LogP contribution in [0.25, 0.3) is 0 Å². The summed E-state index contributed by atoms with van der Waals surface area (Å²) in [5, 5.41) is 0. The van der Waals surface area contributed by atoms with E-state index in [1.54, 1.807) is 26.0 Å². The molecule has 1 aromatic rings. The SMILES string of the molecule is CCC(C)OC(=O)CCC(OC(=O)OCc1ccccc1)C(=O)OC(C)CC. The molecule has 0 aliphatic heterocycles. The third kappa shape index (κ3) is 9.39. The van der Waals surface area contributed by atoms with Crippen molar-refractivity contribution in [3.8, 4) is 0 Å². The molecule has 3 atom stereocenters. The second-order valence-corrected chi connectivity index (χ2v) is 6.53. The van der Waals surface area contributed by atoms with E-state index >= 15 is 0 Å². The molecule has 1 rings (SSSR count). The molecule has 0 spiro atoms. The molecular weight excluding hydrogens is 364 g/mol. The number of ether oxygens (including phenoxy) is 4. The highest BCUT2D eigenvalue weighted by Crippen LogP contribution is 2.12. The second kappa shape index (κ2) is 12.8. The summed E-state index contributed by atoms with van der Waals surface area (Å²) in [5.74, 6) is -1.17. The van der Waals surface area contributed by atoms with Crippen LogP contribution in [0, 0.1) is 0 Å². The van der Waals surface area contributed by atoms with E-state index < -0.39 is 24.2 Å². The zero-order chi connectivity index (χ0) is 20.9. The zero-order valence-corrected chi connectivity index (χ0v) is 17.0. The van der Waals surface area contributed by atoms with Crippen LogP contribution in [0.15, 0.2) is 30.3 Å². The average Bonchev–Trinajstić information content (AvgIpc) is 2.69. The topological polar surface area (TPSA) is 88.1 Å². The molecule has 0 radical (unpaired) electrons. The normalized spacial score (nSPS) is 13.7. The Morgan fingerprint density at radius 2 is 1.50 bits per heavy atom. The fourth-order valence-corrected chi connectivity index (χ4v) is 2.06. The highest BCUT2D eigenvalue weighted by molar-refractivity contribution is 5.78. The molecule has 0 bridgehead atoms. The van der Waals surface area contributed by atoms with Crippen LogP contribution in [0.4, 0.5) is 4.79 Å². The van der Waals surface area contributed by atoms with Crippen molar-refractivity contribution in [2.24, 2.45) is 0 Å². The van der Waals surface area contributed by atoms with Gasteiger partial charge in [0.25, 0.3) is 0 Å². The predicted octanol–water partition coefficient (Wildman–Crippen LogP) is 4.17. The van der Waals surface area contributed by atoms with E-state index in [0.29, 0.717) is 12.8 Å². The largest absolute Gasteiger partial charge is 0.509 e. The first-order valence-corrected chi connectivity index (χ1v) is 9.62. The first-order chi connectivity index (χ1) is 13.3. The number of rotatable bonds is 11. The summed E-state index contributed by atoms with van der Waals surface area (Å²) in [4.78, 5) is 36.2. The van der Waals surface area contributed by atoms with E-state index in [2.05, 4.69) is 0 Å². The molecule has 0 fully saturated rings. The van der Waals surface area contributed by atoms with Crippen molar-refractivity contribution in [2.45, 2.75) is 78.3 Å². The lowest BCUT2D eigenvalue weighted by molar-refractivity contribution is -0.161. The van der Waals surface area contributed by atoms with Crippen molar-refractivity contribution in [2.75, 3.05) is 0 Å². The molecule has 0 aliphatic rings. The number of hydrogen-bond acceptors (Lipinski definition) is 7. The molecular formula is C21H30O7. The summed E-state index contributed by atoms with van der Waals surface area (Å²) in [5.41, 5.74) is 0.787. The number of esters is 2. The molecule has 3 unspecified atom stereocenters. The van der Waals surface area contributed by atoms with Crippen molar-refractivity contribution in [3.05, 3.63) is 35.9 Å². The maximum Gasteiger partial charge on any atom is 0.509 e. The van der Waals surface area contributed by atoms with Crippen LogP contribution in [-0.4, -0.2) is 36.4 Å². The Hall–Kier alpha value is -2.57. The molecule has 0 amide bonds. The standard InChI is InChI=1S/C21H30O7/c1-5-15(3)26-19(22)13-12-18(20(23)27-16(4)6-2)28-21(24)25-14-17-10-8-7-9-11-17/h7-11,15-16,18H,5-6,12-14H2,1-4H3. The third-order valence-electron chi connectivity index (χ3n) is 4.11. The molecule has 0 aromatic heterocycles. The van der Waals surface area contributed by atoms with Gasteiger partial charge in [-0.2, -0.15) is 0 Å². The van der Waals surface area contributed by atoms with Gasteiger partial charge in [-0.1, -0.05) is 44.2 Å². The maximum absolute atomic E-state index is 12.3. The Balaban J connectivity index is 2.61. The first kappa shape index (κ1) is 23.5. The van der Waals surface area contributed by atoms with Crippen LogP contribution >= 0.6 is 0 Å². The van der Waals surface area contributed by atoms with Gasteiger partial charge < -0.3 is 18.9 Å². The Morgan fingerprint density at radius 3 is 2.11 bits per heavy atom. The van der Waals surface area contributed by atoms with Gasteiger partial charge >= 0.3 is 18.1 Å². The summed E-state index contributed by atoms with van der Waals surface area (Å²) in [6, 6.07) is 9.08. The Morgan fingerprint density at radius 1 is 0.893 bits per heavy atom. The zero-order valence-electron chi connectivity index (χ0n) is 17.0. The van der Waals surface area contributed by atoms with Crippen LogP contribution in [0.2, 0.25) is 0 Å². The van der Waals surface area contributed by atoms with Crippen molar-refractivity contribution in [1.82, 2.24) is 0 Å². The molecule has 0 aliphatic carbocycles. The predicted molar refractivity (Wildman–Crippen MR) is 102 cm³/mol. The summed E-state index contributed by atoms with van der Waals surface area (Å²) in [6.45, 7) is 7.30. The lowest BCUT2D eigenvalue weighted by Gasteiger charge is -2.19. The van der Waals surface area contributed by atoms with Crippen LogP contribution in [0.1, 0.15) is 58.9 Å². The van der Waals surface area contributed by atoms with Crippen LogP contribution in [0.3, 0.4) is 0 Å². The van der Waals surface area contributed by atoms with Crippen LogP contribution in [0.5, 0.6) is 0 Å². The Labute approximate surface area is 166 Å². The van der Waals surface area contributed by atoms with Gasteiger partial charge in [-0.15, -0.1) is 0 Å². The van der Waals surface area contributed by atoms with Crippen molar-refractivity contribution in [1.29, 1.82) is 0 Å². The highest BCUT2D eigenvalue weighted by atomic mass is 16.7. The van der Waals surface area contributed by atoms with E-state index in [-0.39, 0.29) is 31.7 Å². The monoisotopic (exact) mass is 394 g/mol. The summed E-state index contributed by atoms with van der Waals surface area (Å²) < 4.78 is 20.6. The number of carbonyl (C=O) groups is 3. The van der Waals surface area contributed by atoms with Crippen molar-refractivity contribution < 1.29 is 33.3 Å². The van der Waals surface area contributed by atoms with Gasteiger partial charge in [-0.3, -0.25) is 4.79 Å². The van der Waals surface area contributed by atoms with Crippen LogP contribution in [-0.2, 0) is 35.1 Å². The smallest absolute Gasteiger partial charge is 0.463 e. The highest BCUT2D eigenvalue weighted by Gasteiger charge is 2.28. The maximum atomic E-state index is 12.3. The second-order valence-electron chi connectivity index (χ2n) is 6.53. The lowest BCUT2D eigenvalue weighted by Crippen LogP contribution is -2.32. The van der Waals surface area contributed by atoms with Gasteiger partial charge in [-0.05, 0) is 32.3 Å². The quantitative estimate of drug-likeness (QED) is 0.411. The fraction of sp³-hybridized carbons (Fsp3) is 0.571. The molecule has 0 heterocycles. The molecule has 1 aromatic carbocycles. The molecule has 0 N–H and O–H groups in total. The van der Waals surface area contributed by atoms with Gasteiger partial charge in [0, 0.05) is 12.8 Å². The van der Waals surface area contributed by atoms with Gasteiger partial charge in [0.05, 0.1) is 12.2 Å². The van der Waals surface area contributed by atoms with Gasteiger partial charge in [-0.25, -0.2) is 9.59 Å². The lowest BCUT2D eigenvalue weighted by atomic mass is 10.2. The van der Waals surface area contributed by atoms with Crippen LogP contribution < -0.4 is 0 Å². The molecule has 7 nitrogen and oxygen atoms in total. The number of carbonyl (C=O) groups excluding carboxylic acids is 3. The van der Waals surface area contributed by atoms with Gasteiger partial charge in [0.1, 0.15) is 6.61 Å². The molecule has 28 heavy (non-hydrogen) atoms. The molecule has 7 heteroatoms. The molecule has 0 saturated carbocycles. The average molecular weight is 394 g/mol. The van der Waals surface area contributed by atoms with E-state index in [9.17, 15) is 14.4 Å².